The maximum Gasteiger partial charge on any atom is 0.265 e. The molecule has 16 heavy (non-hydrogen) atoms. The zero-order valence-electron chi connectivity index (χ0n) is 8.33. The minimum absolute atomic E-state index is 0.0296. The third kappa shape index (κ3) is 3.92. The van der Waals surface area contributed by atoms with Crippen LogP contribution in [0.1, 0.15) is 5.56 Å². The Balaban J connectivity index is 2.40. The number of aliphatic hydroxyl groups is 1. The van der Waals surface area contributed by atoms with Gasteiger partial charge in [-0.3, -0.25) is 0 Å². The summed E-state index contributed by atoms with van der Waals surface area (Å²) >= 11 is 5.66. The molecular formula is C10H12ClF2NO2. The van der Waals surface area contributed by atoms with E-state index in [9.17, 15) is 8.78 Å². The number of nitrogens with one attached hydrogen (secondary N) is 1. The van der Waals surface area contributed by atoms with Crippen molar-refractivity contribution in [1.82, 2.24) is 5.32 Å². The Morgan fingerprint density at radius 1 is 1.38 bits per heavy atom. The van der Waals surface area contributed by atoms with Crippen molar-refractivity contribution >= 4 is 11.6 Å². The Labute approximate surface area is 96.7 Å². The zero-order valence-corrected chi connectivity index (χ0v) is 9.09. The Morgan fingerprint density at radius 2 is 2.06 bits per heavy atom. The highest BCUT2D eigenvalue weighted by Gasteiger charge is 2.15. The lowest BCUT2D eigenvalue weighted by Gasteiger charge is -2.10. The van der Waals surface area contributed by atoms with Crippen molar-refractivity contribution < 1.29 is 19.0 Å². The van der Waals surface area contributed by atoms with Gasteiger partial charge in [0.05, 0.1) is 5.02 Å². The molecule has 0 aromatic heterocycles. The van der Waals surface area contributed by atoms with Gasteiger partial charge in [-0.25, -0.2) is 8.78 Å². The minimum Gasteiger partial charge on any atom is -0.506 e. The number of hydrogen-bond acceptors (Lipinski definition) is 3. The lowest BCUT2D eigenvalue weighted by Crippen LogP contribution is -2.31. The van der Waals surface area contributed by atoms with Crippen LogP contribution in [0.4, 0.5) is 8.78 Å². The highest BCUT2D eigenvalue weighted by atomic mass is 35.5. The number of rotatable bonds is 5. The second kappa shape index (κ2) is 5.98. The third-order valence-electron chi connectivity index (χ3n) is 1.99. The SMILES string of the molecule is Oc1ccc(CNCC(O)C(F)F)cc1Cl. The zero-order chi connectivity index (χ0) is 12.1. The van der Waals surface area contributed by atoms with Gasteiger partial charge in [-0.1, -0.05) is 17.7 Å². The summed E-state index contributed by atoms with van der Waals surface area (Å²) in [5.74, 6) is -0.0296. The van der Waals surface area contributed by atoms with Gasteiger partial charge in [0.2, 0.25) is 0 Å². The number of aliphatic hydroxyl groups excluding tert-OH is 1. The van der Waals surface area contributed by atoms with Crippen LogP contribution in [0.5, 0.6) is 5.75 Å². The summed E-state index contributed by atoms with van der Waals surface area (Å²) in [7, 11) is 0. The Morgan fingerprint density at radius 3 is 2.62 bits per heavy atom. The number of aromatic hydroxyl groups is 1. The topological polar surface area (TPSA) is 52.5 Å². The molecule has 1 unspecified atom stereocenters. The Hall–Kier alpha value is -0.910. The Bertz CT molecular complexity index is 350. The molecule has 6 heteroatoms. The van der Waals surface area contributed by atoms with Gasteiger partial charge in [0.15, 0.2) is 0 Å². The molecule has 0 saturated heterocycles. The van der Waals surface area contributed by atoms with E-state index in [4.69, 9.17) is 21.8 Å². The average Bonchev–Trinajstić information content (AvgIpc) is 2.23. The van der Waals surface area contributed by atoms with Crippen molar-refractivity contribution in [3.63, 3.8) is 0 Å². The van der Waals surface area contributed by atoms with Crippen molar-refractivity contribution in [2.24, 2.45) is 0 Å². The summed E-state index contributed by atoms with van der Waals surface area (Å²) in [4.78, 5) is 0. The molecule has 0 spiro atoms. The molecule has 3 N–H and O–H groups in total. The van der Waals surface area contributed by atoms with Crippen molar-refractivity contribution in [2.75, 3.05) is 6.54 Å². The molecule has 0 radical (unpaired) electrons. The molecule has 0 fully saturated rings. The van der Waals surface area contributed by atoms with Crippen LogP contribution in [-0.2, 0) is 6.54 Å². The van der Waals surface area contributed by atoms with Gasteiger partial charge in [0.1, 0.15) is 11.9 Å². The smallest absolute Gasteiger partial charge is 0.265 e. The second-order valence-electron chi connectivity index (χ2n) is 3.32. The number of halogens is 3. The maximum absolute atomic E-state index is 11.9. The normalized spacial score (nSPS) is 13.1. The molecule has 90 valence electrons. The molecule has 1 atom stereocenters. The predicted molar refractivity (Wildman–Crippen MR) is 56.8 cm³/mol. The molecule has 1 rings (SSSR count). The summed E-state index contributed by atoms with van der Waals surface area (Å²) < 4.78 is 23.9. The minimum atomic E-state index is -2.75. The van der Waals surface area contributed by atoms with Gasteiger partial charge in [0, 0.05) is 13.1 Å². The van der Waals surface area contributed by atoms with Gasteiger partial charge in [-0.2, -0.15) is 0 Å². The van der Waals surface area contributed by atoms with Crippen LogP contribution in [0.15, 0.2) is 18.2 Å². The van der Waals surface area contributed by atoms with Crippen LogP contribution in [0.3, 0.4) is 0 Å². The van der Waals surface area contributed by atoms with E-state index in [0.29, 0.717) is 6.54 Å². The quantitative estimate of drug-likeness (QED) is 0.748. The molecule has 0 amide bonds. The third-order valence-corrected chi connectivity index (χ3v) is 2.29. The van der Waals surface area contributed by atoms with E-state index >= 15 is 0 Å². The molecule has 3 nitrogen and oxygen atoms in total. The van der Waals surface area contributed by atoms with Crippen molar-refractivity contribution in [3.8, 4) is 5.75 Å². The first kappa shape index (κ1) is 13.2. The maximum atomic E-state index is 11.9. The van der Waals surface area contributed by atoms with Gasteiger partial charge < -0.3 is 15.5 Å². The van der Waals surface area contributed by atoms with Gasteiger partial charge in [0.25, 0.3) is 6.43 Å². The van der Waals surface area contributed by atoms with Crippen molar-refractivity contribution in [1.29, 1.82) is 0 Å². The van der Waals surface area contributed by atoms with E-state index in [2.05, 4.69) is 5.32 Å². The standard InChI is InChI=1S/C10H12ClF2NO2/c11-7-3-6(1-2-8(7)15)4-14-5-9(16)10(12)13/h1-3,9-10,14-16H,4-5H2. The van der Waals surface area contributed by atoms with Crippen LogP contribution >= 0.6 is 11.6 Å². The van der Waals surface area contributed by atoms with Crippen LogP contribution in [0.25, 0.3) is 0 Å². The summed E-state index contributed by atoms with van der Waals surface area (Å²) in [5, 5.41) is 20.8. The number of benzene rings is 1. The summed E-state index contributed by atoms with van der Waals surface area (Å²) in [6.45, 7) is 0.0972. The monoisotopic (exact) mass is 251 g/mol. The lowest BCUT2D eigenvalue weighted by atomic mass is 10.2. The Kier molecular flexibility index (Phi) is 4.92. The van der Waals surface area contributed by atoms with Gasteiger partial charge in [-0.15, -0.1) is 0 Å². The van der Waals surface area contributed by atoms with Crippen LogP contribution in [0.2, 0.25) is 5.02 Å². The highest BCUT2D eigenvalue weighted by Crippen LogP contribution is 2.23. The van der Waals surface area contributed by atoms with Crippen LogP contribution < -0.4 is 5.32 Å². The van der Waals surface area contributed by atoms with E-state index in [-0.39, 0.29) is 17.3 Å². The first-order valence-electron chi connectivity index (χ1n) is 4.65. The van der Waals surface area contributed by atoms with Crippen LogP contribution in [0, 0.1) is 0 Å². The number of phenolic OH excluding ortho intramolecular Hbond substituents is 1. The number of phenols is 1. The van der Waals surface area contributed by atoms with Gasteiger partial charge >= 0.3 is 0 Å². The van der Waals surface area contributed by atoms with E-state index < -0.39 is 12.5 Å². The molecule has 0 aliphatic carbocycles. The second-order valence-corrected chi connectivity index (χ2v) is 3.73. The van der Waals surface area contributed by atoms with E-state index in [1.54, 1.807) is 6.07 Å². The summed E-state index contributed by atoms with van der Waals surface area (Å²) in [6, 6.07) is 4.56. The van der Waals surface area contributed by atoms with E-state index in [0.717, 1.165) is 5.56 Å². The molecule has 0 aliphatic heterocycles. The molecular weight excluding hydrogens is 240 g/mol. The summed E-state index contributed by atoms with van der Waals surface area (Å²) in [6.07, 6.45) is -4.43. The van der Waals surface area contributed by atoms with Gasteiger partial charge in [-0.05, 0) is 17.7 Å². The molecule has 0 saturated carbocycles. The first-order valence-corrected chi connectivity index (χ1v) is 5.03. The summed E-state index contributed by atoms with van der Waals surface area (Å²) in [5.41, 5.74) is 0.740. The fourth-order valence-electron chi connectivity index (χ4n) is 1.11. The van der Waals surface area contributed by atoms with Crippen molar-refractivity contribution in [2.45, 2.75) is 19.1 Å². The molecule has 0 heterocycles. The highest BCUT2D eigenvalue weighted by molar-refractivity contribution is 6.32. The van der Waals surface area contributed by atoms with Crippen LogP contribution in [-0.4, -0.2) is 29.3 Å². The molecule has 0 aliphatic rings. The number of hydrogen-bond donors (Lipinski definition) is 3. The largest absolute Gasteiger partial charge is 0.506 e. The average molecular weight is 252 g/mol. The molecule has 0 bridgehead atoms. The van der Waals surface area contributed by atoms with E-state index in [1.807, 2.05) is 0 Å². The fraction of sp³-hybridized carbons (Fsp3) is 0.400. The predicted octanol–water partition coefficient (Wildman–Crippen LogP) is 1.76. The fourth-order valence-corrected chi connectivity index (χ4v) is 1.32. The van der Waals surface area contributed by atoms with Crippen molar-refractivity contribution in [3.05, 3.63) is 28.8 Å². The lowest BCUT2D eigenvalue weighted by molar-refractivity contribution is -0.00340. The first-order chi connectivity index (χ1) is 7.50. The molecule has 1 aromatic rings. The number of alkyl halides is 2. The van der Waals surface area contributed by atoms with E-state index in [1.165, 1.54) is 12.1 Å². The molecule has 1 aromatic carbocycles.